The molecule has 2 aliphatic heterocycles. The topological polar surface area (TPSA) is 227 Å². The summed E-state index contributed by atoms with van der Waals surface area (Å²) in [7, 11) is 3.29. The minimum atomic E-state index is -1.03. The number of fused-ring (bicyclic) bond motifs is 2. The monoisotopic (exact) mass is 1210 g/mol. The van der Waals surface area contributed by atoms with Crippen molar-refractivity contribution in [2.45, 2.75) is 167 Å². The van der Waals surface area contributed by atoms with Crippen LogP contribution >= 0.6 is 31.9 Å². The summed E-state index contributed by atoms with van der Waals surface area (Å²) in [4.78, 5) is 116. The first kappa shape index (κ1) is 60.7. The molecule has 2 aliphatic carbocycles. The lowest BCUT2D eigenvalue weighted by molar-refractivity contribution is -0.144. The van der Waals surface area contributed by atoms with E-state index in [1.54, 1.807) is 46.1 Å². The van der Waals surface area contributed by atoms with E-state index < -0.39 is 88.6 Å². The second-order valence-electron chi connectivity index (χ2n) is 23.8. The normalized spacial score (nSPS) is 22.3. The van der Waals surface area contributed by atoms with E-state index in [9.17, 15) is 38.4 Å². The van der Waals surface area contributed by atoms with Crippen LogP contribution < -0.4 is 37.2 Å². The van der Waals surface area contributed by atoms with Crippen molar-refractivity contribution in [1.82, 2.24) is 47.0 Å². The molecular formula is C60H77Br2N9O8. The fourth-order valence-corrected chi connectivity index (χ4v) is 11.8. The molecule has 0 spiro atoms. The Morgan fingerprint density at radius 1 is 0.608 bits per heavy atom. The second kappa shape index (κ2) is 25.7. The van der Waals surface area contributed by atoms with E-state index in [4.69, 9.17) is 0 Å². The van der Waals surface area contributed by atoms with Crippen LogP contribution in [0.5, 0.6) is 0 Å². The molecule has 0 bridgehead atoms. The number of halogens is 2. The van der Waals surface area contributed by atoms with Crippen molar-refractivity contribution in [3.05, 3.63) is 103 Å². The van der Waals surface area contributed by atoms with E-state index in [-0.39, 0.29) is 66.7 Å². The molecule has 17 nitrogen and oxygen atoms in total. The summed E-state index contributed by atoms with van der Waals surface area (Å²) < 4.78 is 1.91. The van der Waals surface area contributed by atoms with Crippen LogP contribution in [0.3, 0.4) is 0 Å². The van der Waals surface area contributed by atoms with Crippen LogP contribution in [0.2, 0.25) is 0 Å². The Labute approximate surface area is 481 Å². The fourth-order valence-electron chi connectivity index (χ4n) is 11.0. The van der Waals surface area contributed by atoms with Gasteiger partial charge < -0.3 is 47.0 Å². The summed E-state index contributed by atoms with van der Waals surface area (Å²) in [6.45, 7) is 14.3. The van der Waals surface area contributed by atoms with Gasteiger partial charge in [0.1, 0.15) is 24.2 Å². The van der Waals surface area contributed by atoms with Crippen molar-refractivity contribution in [2.24, 2.45) is 10.8 Å². The summed E-state index contributed by atoms with van der Waals surface area (Å²) in [6.07, 6.45) is 5.17. The number of ketones is 1. The van der Waals surface area contributed by atoms with E-state index >= 15 is 0 Å². The van der Waals surface area contributed by atoms with Gasteiger partial charge in [0.2, 0.25) is 35.3 Å². The predicted octanol–water partition coefficient (Wildman–Crippen LogP) is 5.77. The van der Waals surface area contributed by atoms with Gasteiger partial charge in [0.25, 0.3) is 11.8 Å². The molecule has 3 aromatic rings. The number of rotatable bonds is 15. The lowest BCUT2D eigenvalue weighted by Crippen LogP contribution is -2.59. The number of amides is 7. The Kier molecular flexibility index (Phi) is 19.7. The van der Waals surface area contributed by atoms with Crippen molar-refractivity contribution in [3.8, 4) is 11.8 Å². The highest BCUT2D eigenvalue weighted by Gasteiger charge is 2.48. The van der Waals surface area contributed by atoms with Crippen LogP contribution in [0.15, 0.2) is 69.6 Å². The molecule has 19 heteroatoms. The maximum Gasteiger partial charge on any atom is 0.251 e. The van der Waals surface area contributed by atoms with Gasteiger partial charge in [-0.15, -0.1) is 0 Å². The SMILES string of the molecule is CN[C@@H](C)C(=O)N[C@H](C(=O)N1C[C@@H](NC(=O)c2cccc(C(=O)N[C@H]3C[C@@H](C(=O)NC4CCCc5cc(Br)ccc54)N(C(=O)[C@@H](NC(=O)[C@H](C)NC)C(C)(C)C)C3)c2)C[C@H]1C(=O)C#CC1CCCc2cc(Br)ccc21)C(C)(C)C. The zero-order chi connectivity index (χ0) is 57.7. The van der Waals surface area contributed by atoms with E-state index in [1.807, 2.05) is 65.8 Å². The Balaban J connectivity index is 1.10. The first-order valence-electron chi connectivity index (χ1n) is 27.5. The minimum absolute atomic E-state index is 0.0254. The third-order valence-electron chi connectivity index (χ3n) is 15.8. The number of hydrogen-bond acceptors (Lipinski definition) is 10. The summed E-state index contributed by atoms with van der Waals surface area (Å²) in [5.41, 5.74) is 3.14. The molecule has 0 radical (unpaired) electrons. The second-order valence-corrected chi connectivity index (χ2v) is 25.6. The summed E-state index contributed by atoms with van der Waals surface area (Å²) in [5.74, 6) is 2.30. The average Bonchev–Trinajstić information content (AvgIpc) is 4.13. The molecule has 4 aliphatic rings. The number of nitrogens with one attached hydrogen (secondary N) is 7. The molecule has 0 aromatic heterocycles. The van der Waals surface area contributed by atoms with Crippen LogP contribution in [0.4, 0.5) is 0 Å². The average molecular weight is 1210 g/mol. The maximum atomic E-state index is 14.7. The van der Waals surface area contributed by atoms with Gasteiger partial charge in [-0.05, 0) is 161 Å². The highest BCUT2D eigenvalue weighted by molar-refractivity contribution is 9.10. The largest absolute Gasteiger partial charge is 0.347 e. The molecule has 7 rings (SSSR count). The van der Waals surface area contributed by atoms with Gasteiger partial charge in [-0.1, -0.05) is 97.5 Å². The Bertz CT molecular complexity index is 2910. The first-order chi connectivity index (χ1) is 37.3. The number of carbonyl (C=O) groups excluding carboxylic acids is 8. The molecule has 2 unspecified atom stereocenters. The van der Waals surface area contributed by atoms with Gasteiger partial charge >= 0.3 is 0 Å². The number of likely N-dealkylation sites (N-methyl/N-ethyl adjacent to an activating group) is 2. The first-order valence-corrected chi connectivity index (χ1v) is 29.1. The highest BCUT2D eigenvalue weighted by Crippen LogP contribution is 2.35. The van der Waals surface area contributed by atoms with Crippen molar-refractivity contribution >= 4 is 79.0 Å². The van der Waals surface area contributed by atoms with E-state index in [0.29, 0.717) is 6.42 Å². The third kappa shape index (κ3) is 14.7. The highest BCUT2D eigenvalue weighted by atomic mass is 79.9. The van der Waals surface area contributed by atoms with Gasteiger partial charge in [-0.2, -0.15) is 0 Å². The van der Waals surface area contributed by atoms with Crippen molar-refractivity contribution < 1.29 is 38.4 Å². The standard InChI is InChI=1S/C60H77Br2N9O8/c1-33(63-9)52(73)68-50(59(3,4)5)57(78)70-31-42(29-47(70)49(72)25-20-35-14-11-15-36-27-40(61)21-23-44(35)36)65-54(75)38-17-12-18-39(26-38)55(76)66-43-30-48(56(77)67-46-19-13-16-37-28-41(62)22-24-45(37)46)71(32-43)58(79)51(60(6,7)8)69-53(74)34(2)64-10/h12,17-18,21-24,26-28,33-35,42-43,46-48,50-51,63-64H,11,13-16,19,29-32H2,1-10H3,(H,65,75)(H,66,76)(H,67,77)(H,68,73)(H,69,74)/t33-,34-,35?,42-,43-,46?,47-,48-,50+,51+/m0/s1. The van der Waals surface area contributed by atoms with E-state index in [2.05, 4.69) is 93.1 Å². The number of likely N-dealkylation sites (tertiary alicyclic amines) is 2. The van der Waals surface area contributed by atoms with Crippen molar-refractivity contribution in [1.29, 1.82) is 0 Å². The zero-order valence-corrected chi connectivity index (χ0v) is 50.2. The van der Waals surface area contributed by atoms with Crippen LogP contribution in [-0.2, 0) is 41.6 Å². The molecule has 7 amide bonds. The number of benzene rings is 3. The third-order valence-corrected chi connectivity index (χ3v) is 16.8. The molecule has 0 saturated carbocycles. The summed E-state index contributed by atoms with van der Waals surface area (Å²) in [6, 6.07) is 11.3. The van der Waals surface area contributed by atoms with Crippen LogP contribution in [0.1, 0.15) is 149 Å². The molecule has 424 valence electrons. The number of Topliss-reactive ketones (excluding diaryl/α,β-unsaturated/α-hetero) is 1. The summed E-state index contributed by atoms with van der Waals surface area (Å²) in [5, 5.41) is 20.9. The van der Waals surface area contributed by atoms with Crippen molar-refractivity contribution in [2.75, 3.05) is 27.2 Å². The number of carbonyl (C=O) groups is 8. The van der Waals surface area contributed by atoms with Crippen LogP contribution in [-0.4, -0.2) is 132 Å². The number of nitrogens with zero attached hydrogens (tertiary/aromatic N) is 2. The van der Waals surface area contributed by atoms with Gasteiger partial charge in [0.15, 0.2) is 0 Å². The molecule has 10 atom stereocenters. The Morgan fingerprint density at radius 3 is 1.58 bits per heavy atom. The molecule has 2 saturated heterocycles. The Hall–Kier alpha value is -5.94. The maximum absolute atomic E-state index is 14.7. The fraction of sp³-hybridized carbons (Fsp3) is 0.533. The van der Waals surface area contributed by atoms with Gasteiger partial charge in [0.05, 0.1) is 18.1 Å². The van der Waals surface area contributed by atoms with Gasteiger partial charge in [-0.3, -0.25) is 38.4 Å². The molecule has 2 heterocycles. The lowest BCUT2D eigenvalue weighted by atomic mass is 9.83. The number of hydrogen-bond donors (Lipinski definition) is 7. The molecule has 79 heavy (non-hydrogen) atoms. The lowest BCUT2D eigenvalue weighted by Gasteiger charge is -2.36. The smallest absolute Gasteiger partial charge is 0.251 e. The van der Waals surface area contributed by atoms with Gasteiger partial charge in [0, 0.05) is 51.2 Å². The quantitative estimate of drug-likeness (QED) is 0.0718. The molecule has 3 aromatic carbocycles. The van der Waals surface area contributed by atoms with Crippen molar-refractivity contribution in [3.63, 3.8) is 0 Å². The number of aryl methyl sites for hydroxylation is 2. The van der Waals surface area contributed by atoms with Gasteiger partial charge in [-0.25, -0.2) is 0 Å². The molecular weight excluding hydrogens is 1130 g/mol. The Morgan fingerprint density at radius 2 is 1.08 bits per heavy atom. The zero-order valence-electron chi connectivity index (χ0n) is 47.0. The van der Waals surface area contributed by atoms with E-state index in [0.717, 1.165) is 57.7 Å². The summed E-state index contributed by atoms with van der Waals surface area (Å²) >= 11 is 7.12. The molecule has 7 N–H and O–H groups in total. The predicted molar refractivity (Wildman–Crippen MR) is 310 cm³/mol. The molecule has 2 fully saturated rings. The van der Waals surface area contributed by atoms with Crippen LogP contribution in [0.25, 0.3) is 0 Å². The van der Waals surface area contributed by atoms with E-state index in [1.165, 1.54) is 21.4 Å². The minimum Gasteiger partial charge on any atom is -0.347 e. The van der Waals surface area contributed by atoms with Crippen LogP contribution in [0, 0.1) is 22.7 Å².